The van der Waals surface area contributed by atoms with E-state index in [-0.39, 0.29) is 0 Å². The van der Waals surface area contributed by atoms with Crippen LogP contribution in [0.1, 0.15) is 37.7 Å². The average molecular weight is 322 g/mol. The third-order valence-electron chi connectivity index (χ3n) is 3.52. The summed E-state index contributed by atoms with van der Waals surface area (Å²) < 4.78 is 6.65. The second kappa shape index (κ2) is 7.57. The Morgan fingerprint density at radius 3 is 2.84 bits per heavy atom. The molecular formula is C16H20BrNO. The second-order valence-electron chi connectivity index (χ2n) is 4.96. The normalized spacial score (nSPS) is 16.0. The first kappa shape index (κ1) is 14.4. The van der Waals surface area contributed by atoms with Crippen LogP contribution in [-0.2, 0) is 6.54 Å². The fraction of sp³-hybridized carbons (Fsp3) is 0.500. The Morgan fingerprint density at radius 2 is 2.11 bits per heavy atom. The van der Waals surface area contributed by atoms with Crippen LogP contribution in [-0.4, -0.2) is 12.6 Å². The summed E-state index contributed by atoms with van der Waals surface area (Å²) in [7, 11) is 0. The van der Waals surface area contributed by atoms with Crippen molar-refractivity contribution in [2.24, 2.45) is 0 Å². The lowest BCUT2D eigenvalue weighted by Crippen LogP contribution is -2.30. The highest BCUT2D eigenvalue weighted by Crippen LogP contribution is 2.24. The fourth-order valence-electron chi connectivity index (χ4n) is 2.51. The Labute approximate surface area is 124 Å². The third kappa shape index (κ3) is 4.56. The molecule has 0 spiro atoms. The van der Waals surface area contributed by atoms with Crippen molar-refractivity contribution in [3.8, 4) is 18.1 Å². The Kier molecular flexibility index (Phi) is 5.75. The maximum atomic E-state index is 5.58. The molecule has 0 heterocycles. The van der Waals surface area contributed by atoms with Crippen molar-refractivity contribution in [3.63, 3.8) is 0 Å². The molecule has 0 radical (unpaired) electrons. The van der Waals surface area contributed by atoms with Gasteiger partial charge in [-0.2, -0.15) is 0 Å². The van der Waals surface area contributed by atoms with Crippen molar-refractivity contribution >= 4 is 15.9 Å². The number of benzene rings is 1. The minimum absolute atomic E-state index is 0.318. The smallest absolute Gasteiger partial charge is 0.148 e. The molecular weight excluding hydrogens is 302 g/mol. The second-order valence-corrected chi connectivity index (χ2v) is 5.88. The van der Waals surface area contributed by atoms with E-state index in [1.807, 2.05) is 12.1 Å². The van der Waals surface area contributed by atoms with Crippen LogP contribution < -0.4 is 10.1 Å². The SMILES string of the molecule is C#CCOc1ccc(Br)cc1CNC1CCCCC1. The van der Waals surface area contributed by atoms with Gasteiger partial charge < -0.3 is 10.1 Å². The lowest BCUT2D eigenvalue weighted by Gasteiger charge is -2.23. The van der Waals surface area contributed by atoms with E-state index in [4.69, 9.17) is 11.2 Å². The molecule has 1 aromatic carbocycles. The van der Waals surface area contributed by atoms with Crippen LogP contribution in [0, 0.1) is 12.3 Å². The Balaban J connectivity index is 1.96. The predicted molar refractivity (Wildman–Crippen MR) is 82.2 cm³/mol. The van der Waals surface area contributed by atoms with Gasteiger partial charge in [-0.1, -0.05) is 41.1 Å². The van der Waals surface area contributed by atoms with E-state index in [2.05, 4.69) is 33.2 Å². The molecule has 102 valence electrons. The summed E-state index contributed by atoms with van der Waals surface area (Å²) in [5.74, 6) is 3.39. The molecule has 0 atom stereocenters. The Bertz CT molecular complexity index is 447. The molecule has 0 unspecified atom stereocenters. The Morgan fingerprint density at radius 1 is 1.32 bits per heavy atom. The summed E-state index contributed by atoms with van der Waals surface area (Å²) in [6.07, 6.45) is 11.9. The number of rotatable bonds is 5. The maximum Gasteiger partial charge on any atom is 0.148 e. The van der Waals surface area contributed by atoms with Crippen LogP contribution in [0.25, 0.3) is 0 Å². The van der Waals surface area contributed by atoms with E-state index in [9.17, 15) is 0 Å². The number of halogens is 1. The molecule has 1 aromatic rings. The molecule has 1 aliphatic rings. The van der Waals surface area contributed by atoms with Crippen LogP contribution in [0.15, 0.2) is 22.7 Å². The molecule has 1 N–H and O–H groups in total. The summed E-state index contributed by atoms with van der Waals surface area (Å²) in [6, 6.07) is 6.70. The van der Waals surface area contributed by atoms with Crippen LogP contribution in [0.5, 0.6) is 5.75 Å². The number of nitrogens with one attached hydrogen (secondary N) is 1. The lowest BCUT2D eigenvalue weighted by atomic mass is 9.95. The fourth-order valence-corrected chi connectivity index (χ4v) is 2.92. The molecule has 1 saturated carbocycles. The highest BCUT2D eigenvalue weighted by atomic mass is 79.9. The van der Waals surface area contributed by atoms with E-state index in [0.717, 1.165) is 22.3 Å². The average Bonchev–Trinajstić information content (AvgIpc) is 2.45. The van der Waals surface area contributed by atoms with Crippen molar-refractivity contribution in [2.75, 3.05) is 6.61 Å². The highest BCUT2D eigenvalue weighted by Gasteiger charge is 2.13. The first-order chi connectivity index (χ1) is 9.29. The molecule has 0 aliphatic heterocycles. The van der Waals surface area contributed by atoms with Crippen molar-refractivity contribution in [3.05, 3.63) is 28.2 Å². The van der Waals surface area contributed by atoms with Gasteiger partial charge in [-0.15, -0.1) is 6.42 Å². The van der Waals surface area contributed by atoms with E-state index < -0.39 is 0 Å². The van der Waals surface area contributed by atoms with Gasteiger partial charge in [-0.05, 0) is 31.0 Å². The van der Waals surface area contributed by atoms with E-state index in [1.165, 1.54) is 32.1 Å². The molecule has 1 fully saturated rings. The lowest BCUT2D eigenvalue weighted by molar-refractivity contribution is 0.352. The standard InChI is InChI=1S/C16H20BrNO/c1-2-10-19-16-9-8-14(17)11-13(16)12-18-15-6-4-3-5-7-15/h1,8-9,11,15,18H,3-7,10,12H2. The van der Waals surface area contributed by atoms with Gasteiger partial charge in [0.25, 0.3) is 0 Å². The van der Waals surface area contributed by atoms with Gasteiger partial charge in [-0.3, -0.25) is 0 Å². The molecule has 0 saturated heterocycles. The van der Waals surface area contributed by atoms with Crippen molar-refractivity contribution in [2.45, 2.75) is 44.7 Å². The first-order valence-electron chi connectivity index (χ1n) is 6.87. The van der Waals surface area contributed by atoms with Crippen molar-refractivity contribution < 1.29 is 4.74 Å². The van der Waals surface area contributed by atoms with Crippen LogP contribution in [0.4, 0.5) is 0 Å². The van der Waals surface area contributed by atoms with Crippen molar-refractivity contribution in [1.82, 2.24) is 5.32 Å². The number of hydrogen-bond donors (Lipinski definition) is 1. The van der Waals surface area contributed by atoms with E-state index in [1.54, 1.807) is 0 Å². The van der Waals surface area contributed by atoms with E-state index >= 15 is 0 Å². The summed E-state index contributed by atoms with van der Waals surface area (Å²) >= 11 is 3.51. The van der Waals surface area contributed by atoms with Gasteiger partial charge in [0, 0.05) is 22.6 Å². The molecule has 2 nitrogen and oxygen atoms in total. The van der Waals surface area contributed by atoms with Gasteiger partial charge in [0.1, 0.15) is 12.4 Å². The van der Waals surface area contributed by atoms with Crippen molar-refractivity contribution in [1.29, 1.82) is 0 Å². The summed E-state index contributed by atoms with van der Waals surface area (Å²) in [6.45, 7) is 1.15. The molecule has 2 rings (SSSR count). The molecule has 0 bridgehead atoms. The number of hydrogen-bond acceptors (Lipinski definition) is 2. The molecule has 0 aromatic heterocycles. The number of terminal acetylenes is 1. The summed E-state index contributed by atoms with van der Waals surface area (Å²) in [4.78, 5) is 0. The number of ether oxygens (including phenoxy) is 1. The summed E-state index contributed by atoms with van der Waals surface area (Å²) in [5, 5.41) is 3.63. The van der Waals surface area contributed by atoms with Gasteiger partial charge >= 0.3 is 0 Å². The minimum Gasteiger partial charge on any atom is -0.481 e. The summed E-state index contributed by atoms with van der Waals surface area (Å²) in [5.41, 5.74) is 1.16. The highest BCUT2D eigenvalue weighted by molar-refractivity contribution is 9.10. The monoisotopic (exact) mass is 321 g/mol. The predicted octanol–water partition coefficient (Wildman–Crippen LogP) is 3.88. The van der Waals surface area contributed by atoms with Crippen LogP contribution in [0.2, 0.25) is 0 Å². The first-order valence-corrected chi connectivity index (χ1v) is 7.67. The zero-order valence-corrected chi connectivity index (χ0v) is 12.7. The van der Waals surface area contributed by atoms with Gasteiger partial charge in [0.05, 0.1) is 0 Å². The zero-order valence-electron chi connectivity index (χ0n) is 11.1. The molecule has 1 aliphatic carbocycles. The zero-order chi connectivity index (χ0) is 13.5. The van der Waals surface area contributed by atoms with Crippen LogP contribution in [0.3, 0.4) is 0 Å². The maximum absolute atomic E-state index is 5.58. The topological polar surface area (TPSA) is 21.3 Å². The largest absolute Gasteiger partial charge is 0.481 e. The third-order valence-corrected chi connectivity index (χ3v) is 4.01. The van der Waals surface area contributed by atoms with Gasteiger partial charge in [-0.25, -0.2) is 0 Å². The molecule has 19 heavy (non-hydrogen) atoms. The van der Waals surface area contributed by atoms with E-state index in [0.29, 0.717) is 12.6 Å². The Hall–Kier alpha value is -0.980. The quantitative estimate of drug-likeness (QED) is 0.831. The van der Waals surface area contributed by atoms with Crippen LogP contribution >= 0.6 is 15.9 Å². The van der Waals surface area contributed by atoms with Gasteiger partial charge in [0.2, 0.25) is 0 Å². The molecule has 0 amide bonds. The minimum atomic E-state index is 0.318. The van der Waals surface area contributed by atoms with Gasteiger partial charge in [0.15, 0.2) is 0 Å². The molecule has 3 heteroatoms.